The van der Waals surface area contributed by atoms with Crippen LogP contribution in [0.4, 0.5) is 0 Å². The van der Waals surface area contributed by atoms with E-state index in [9.17, 15) is 4.79 Å². The molecule has 0 fully saturated rings. The van der Waals surface area contributed by atoms with Crippen LogP contribution in [-0.2, 0) is 9.53 Å². The number of hydrogen-bond donors (Lipinski definition) is 0. The van der Waals surface area contributed by atoms with Gasteiger partial charge in [0.2, 0.25) is 0 Å². The third kappa shape index (κ3) is 3.02. The van der Waals surface area contributed by atoms with E-state index in [0.717, 1.165) is 16.9 Å². The van der Waals surface area contributed by atoms with Gasteiger partial charge in [0.15, 0.2) is 0 Å². The fourth-order valence-electron chi connectivity index (χ4n) is 2.54. The molecule has 0 spiro atoms. The average Bonchev–Trinajstić information content (AvgIpc) is 2.57. The highest BCUT2D eigenvalue weighted by atomic mass is 79.9. The molecule has 0 aliphatic carbocycles. The topological polar surface area (TPSA) is 35.5 Å². The smallest absolute Gasteiger partial charge is 0.313 e. The molecule has 3 nitrogen and oxygen atoms in total. The minimum atomic E-state index is -0.330. The minimum absolute atomic E-state index is 0.0469. The number of fused-ring (bicyclic) bond motifs is 1. The molecule has 0 unspecified atom stereocenters. The SMILES string of the molecule is C[C@@H](C(=O)O[C@@H]1c2ccccc2OC[C@H]1Br)c1ccccc1. The highest BCUT2D eigenvalue weighted by molar-refractivity contribution is 9.09. The molecule has 0 N–H and O–H groups in total. The Morgan fingerprint density at radius 3 is 2.64 bits per heavy atom. The number of halogens is 1. The third-order valence-electron chi connectivity index (χ3n) is 3.85. The lowest BCUT2D eigenvalue weighted by atomic mass is 10.0. The van der Waals surface area contributed by atoms with Crippen molar-refractivity contribution < 1.29 is 14.3 Å². The third-order valence-corrected chi connectivity index (χ3v) is 4.59. The number of carbonyl (C=O) groups is 1. The van der Waals surface area contributed by atoms with E-state index < -0.39 is 0 Å². The summed E-state index contributed by atoms with van der Waals surface area (Å²) >= 11 is 3.56. The normalized spacial score (nSPS) is 21.4. The van der Waals surface area contributed by atoms with Crippen molar-refractivity contribution in [3.63, 3.8) is 0 Å². The Balaban J connectivity index is 1.79. The van der Waals surface area contributed by atoms with E-state index in [1.165, 1.54) is 0 Å². The second-order valence-corrected chi connectivity index (χ2v) is 6.53. The van der Waals surface area contributed by atoms with E-state index in [0.29, 0.717) is 6.61 Å². The van der Waals surface area contributed by atoms with E-state index in [1.807, 2.05) is 61.5 Å². The Morgan fingerprint density at radius 1 is 1.18 bits per heavy atom. The summed E-state index contributed by atoms with van der Waals surface area (Å²) in [7, 11) is 0. The average molecular weight is 361 g/mol. The molecule has 1 aliphatic heterocycles. The number of esters is 1. The Labute approximate surface area is 138 Å². The predicted octanol–water partition coefficient (Wildman–Crippen LogP) is 4.23. The molecule has 0 aromatic heterocycles. The molecule has 114 valence electrons. The highest BCUT2D eigenvalue weighted by Gasteiger charge is 2.33. The van der Waals surface area contributed by atoms with Crippen molar-refractivity contribution >= 4 is 21.9 Å². The van der Waals surface area contributed by atoms with Crippen LogP contribution < -0.4 is 4.74 Å². The molecular formula is C18H17BrO3. The van der Waals surface area contributed by atoms with Crippen molar-refractivity contribution in [2.75, 3.05) is 6.61 Å². The predicted molar refractivity (Wildman–Crippen MR) is 88.3 cm³/mol. The summed E-state index contributed by atoms with van der Waals surface area (Å²) in [6.07, 6.45) is -0.330. The molecule has 0 radical (unpaired) electrons. The zero-order chi connectivity index (χ0) is 15.5. The molecule has 3 rings (SSSR count). The van der Waals surface area contributed by atoms with Gasteiger partial charge in [-0.25, -0.2) is 0 Å². The first kappa shape index (κ1) is 15.1. The van der Waals surface area contributed by atoms with Gasteiger partial charge in [-0.05, 0) is 18.6 Å². The maximum absolute atomic E-state index is 12.5. The zero-order valence-corrected chi connectivity index (χ0v) is 13.8. The lowest BCUT2D eigenvalue weighted by molar-refractivity contribution is -0.151. The minimum Gasteiger partial charge on any atom is -0.492 e. The fraction of sp³-hybridized carbons (Fsp3) is 0.278. The number of benzene rings is 2. The lowest BCUT2D eigenvalue weighted by Gasteiger charge is -2.30. The van der Waals surface area contributed by atoms with Crippen LogP contribution in [0.2, 0.25) is 0 Å². The van der Waals surface area contributed by atoms with Crippen LogP contribution >= 0.6 is 15.9 Å². The molecule has 0 bridgehead atoms. The van der Waals surface area contributed by atoms with Crippen LogP contribution in [0.1, 0.15) is 30.1 Å². The number of rotatable bonds is 3. The van der Waals surface area contributed by atoms with Gasteiger partial charge in [0.1, 0.15) is 18.5 Å². The van der Waals surface area contributed by atoms with Gasteiger partial charge in [-0.3, -0.25) is 4.79 Å². The summed E-state index contributed by atoms with van der Waals surface area (Å²) in [5.74, 6) is 0.261. The molecule has 3 atom stereocenters. The first-order valence-electron chi connectivity index (χ1n) is 7.28. The van der Waals surface area contributed by atoms with Crippen molar-refractivity contribution in [2.24, 2.45) is 0 Å². The second kappa shape index (κ2) is 6.53. The van der Waals surface area contributed by atoms with E-state index >= 15 is 0 Å². The van der Waals surface area contributed by atoms with Gasteiger partial charge in [-0.15, -0.1) is 0 Å². The molecule has 2 aromatic rings. The second-order valence-electron chi connectivity index (χ2n) is 5.35. The number of ether oxygens (including phenoxy) is 2. The summed E-state index contributed by atoms with van der Waals surface area (Å²) < 4.78 is 11.4. The van der Waals surface area contributed by atoms with Crippen LogP contribution in [0, 0.1) is 0 Å². The van der Waals surface area contributed by atoms with Crippen molar-refractivity contribution in [3.8, 4) is 5.75 Å². The summed E-state index contributed by atoms with van der Waals surface area (Å²) in [5, 5.41) is 0. The van der Waals surface area contributed by atoms with Crippen LogP contribution in [0.15, 0.2) is 54.6 Å². The molecule has 4 heteroatoms. The maximum atomic E-state index is 12.5. The van der Waals surface area contributed by atoms with Gasteiger partial charge in [-0.1, -0.05) is 64.5 Å². The van der Waals surface area contributed by atoms with E-state index in [1.54, 1.807) is 0 Å². The van der Waals surface area contributed by atoms with Gasteiger partial charge in [0.05, 0.1) is 10.7 Å². The van der Waals surface area contributed by atoms with Crippen molar-refractivity contribution in [3.05, 3.63) is 65.7 Å². The molecule has 0 saturated heterocycles. The van der Waals surface area contributed by atoms with Crippen LogP contribution in [0.5, 0.6) is 5.75 Å². The number of hydrogen-bond acceptors (Lipinski definition) is 3. The Hall–Kier alpha value is -1.81. The lowest BCUT2D eigenvalue weighted by Crippen LogP contribution is -2.30. The monoisotopic (exact) mass is 360 g/mol. The van der Waals surface area contributed by atoms with Gasteiger partial charge in [-0.2, -0.15) is 0 Å². The Kier molecular flexibility index (Phi) is 4.48. The van der Waals surface area contributed by atoms with Crippen LogP contribution in [0.25, 0.3) is 0 Å². The van der Waals surface area contributed by atoms with Crippen molar-refractivity contribution in [1.82, 2.24) is 0 Å². The number of para-hydroxylation sites is 1. The molecular weight excluding hydrogens is 344 g/mol. The van der Waals surface area contributed by atoms with Gasteiger partial charge in [0.25, 0.3) is 0 Å². The van der Waals surface area contributed by atoms with Gasteiger partial charge < -0.3 is 9.47 Å². The fourth-order valence-corrected chi connectivity index (χ4v) is 3.07. The van der Waals surface area contributed by atoms with E-state index in [-0.39, 0.29) is 22.8 Å². The Morgan fingerprint density at radius 2 is 1.86 bits per heavy atom. The first-order chi connectivity index (χ1) is 10.7. The summed E-state index contributed by atoms with van der Waals surface area (Å²) in [5.41, 5.74) is 1.86. The van der Waals surface area contributed by atoms with E-state index in [4.69, 9.17) is 9.47 Å². The molecule has 22 heavy (non-hydrogen) atoms. The first-order valence-corrected chi connectivity index (χ1v) is 8.19. The summed E-state index contributed by atoms with van der Waals surface area (Å²) in [6, 6.07) is 17.3. The van der Waals surface area contributed by atoms with Crippen molar-refractivity contribution in [1.29, 1.82) is 0 Å². The van der Waals surface area contributed by atoms with Gasteiger partial charge >= 0.3 is 5.97 Å². The quantitative estimate of drug-likeness (QED) is 0.606. The van der Waals surface area contributed by atoms with Crippen molar-refractivity contribution in [2.45, 2.75) is 23.8 Å². The molecule has 1 aliphatic rings. The van der Waals surface area contributed by atoms with Crippen LogP contribution in [-0.4, -0.2) is 17.4 Å². The zero-order valence-electron chi connectivity index (χ0n) is 12.2. The summed E-state index contributed by atoms with van der Waals surface area (Å²) in [6.45, 7) is 2.35. The maximum Gasteiger partial charge on any atom is 0.313 e. The van der Waals surface area contributed by atoms with Gasteiger partial charge in [0, 0.05) is 5.56 Å². The van der Waals surface area contributed by atoms with Crippen LogP contribution in [0.3, 0.4) is 0 Å². The highest BCUT2D eigenvalue weighted by Crippen LogP contribution is 2.38. The molecule has 1 heterocycles. The number of alkyl halides is 1. The summed E-state index contributed by atoms with van der Waals surface area (Å²) in [4.78, 5) is 12.4. The molecule has 0 saturated carbocycles. The number of carbonyl (C=O) groups excluding carboxylic acids is 1. The molecule has 0 amide bonds. The standard InChI is InChI=1S/C18H17BrO3/c1-12(13-7-3-2-4-8-13)18(20)22-17-14-9-5-6-10-16(14)21-11-15(17)19/h2-10,12,15,17H,11H2,1H3/t12-,15-,17-/m1/s1. The Bertz CT molecular complexity index is 656. The van der Waals surface area contributed by atoms with E-state index in [2.05, 4.69) is 15.9 Å². The largest absolute Gasteiger partial charge is 0.492 e. The molecule has 2 aromatic carbocycles.